The number of aromatic nitrogens is 1. The van der Waals surface area contributed by atoms with Crippen LogP contribution in [0.5, 0.6) is 0 Å². The first-order chi connectivity index (χ1) is 11.4. The fourth-order valence-electron chi connectivity index (χ4n) is 2.43. The molecule has 24 heavy (non-hydrogen) atoms. The van der Waals surface area contributed by atoms with Gasteiger partial charge in [-0.2, -0.15) is 0 Å². The number of nitrogens with one attached hydrogen (secondary N) is 1. The minimum atomic E-state index is -3.46. The molecule has 3 rings (SSSR count). The average Bonchev–Trinajstić information content (AvgIpc) is 2.94. The van der Waals surface area contributed by atoms with Crippen molar-refractivity contribution in [3.63, 3.8) is 0 Å². The van der Waals surface area contributed by atoms with E-state index >= 15 is 0 Å². The molecule has 0 aliphatic heterocycles. The number of aryl methyl sites for hydroxylation is 1. The molecule has 0 saturated carbocycles. The van der Waals surface area contributed by atoms with Crippen LogP contribution in [0.15, 0.2) is 51.9 Å². The molecule has 0 unspecified atom stereocenters. The zero-order valence-electron chi connectivity index (χ0n) is 13.8. The summed E-state index contributed by atoms with van der Waals surface area (Å²) in [5.41, 5.74) is 1.88. The smallest absolute Gasteiger partial charge is 0.244 e. The van der Waals surface area contributed by atoms with Crippen molar-refractivity contribution >= 4 is 26.8 Å². The van der Waals surface area contributed by atoms with E-state index in [0.717, 1.165) is 26.6 Å². The summed E-state index contributed by atoms with van der Waals surface area (Å²) in [6, 6.07) is 11.2. The number of sulfonamides is 1. The van der Waals surface area contributed by atoms with Gasteiger partial charge in [-0.1, -0.05) is 18.2 Å². The highest BCUT2D eigenvalue weighted by atomic mass is 32.2. The molecule has 7 heteroatoms. The maximum absolute atomic E-state index is 12.0. The van der Waals surface area contributed by atoms with Gasteiger partial charge in [-0.05, 0) is 25.1 Å². The molecule has 1 aromatic carbocycles. The number of rotatable bonds is 5. The second-order valence-corrected chi connectivity index (χ2v) is 7.86. The van der Waals surface area contributed by atoms with E-state index in [0.29, 0.717) is 12.4 Å². The normalized spacial score (nSPS) is 12.0. The van der Waals surface area contributed by atoms with Crippen molar-refractivity contribution in [2.75, 3.05) is 19.4 Å². The van der Waals surface area contributed by atoms with Gasteiger partial charge in [0.25, 0.3) is 0 Å². The quantitative estimate of drug-likeness (QED) is 0.769. The standard InChI is InChI=1S/C17H19N3O3S/c1-12-9-13-5-4-6-14(17(13)23-12)10-18-16-8-7-15(11-19-16)24(21,22)20(2)3/h4-9,11H,10H2,1-3H3,(H,18,19). The molecule has 0 atom stereocenters. The van der Waals surface area contributed by atoms with E-state index in [1.807, 2.05) is 31.2 Å². The number of hydrogen-bond acceptors (Lipinski definition) is 5. The van der Waals surface area contributed by atoms with Gasteiger partial charge >= 0.3 is 0 Å². The number of para-hydroxylation sites is 1. The van der Waals surface area contributed by atoms with Crippen LogP contribution >= 0.6 is 0 Å². The third kappa shape index (κ3) is 3.13. The largest absolute Gasteiger partial charge is 0.461 e. The zero-order valence-corrected chi connectivity index (χ0v) is 14.6. The number of pyridine rings is 1. The van der Waals surface area contributed by atoms with Gasteiger partial charge in [-0.15, -0.1) is 0 Å². The van der Waals surface area contributed by atoms with Crippen molar-refractivity contribution in [2.45, 2.75) is 18.4 Å². The van der Waals surface area contributed by atoms with E-state index in [2.05, 4.69) is 10.3 Å². The highest BCUT2D eigenvalue weighted by Crippen LogP contribution is 2.23. The Balaban J connectivity index is 1.77. The van der Waals surface area contributed by atoms with E-state index in [4.69, 9.17) is 4.42 Å². The monoisotopic (exact) mass is 345 g/mol. The Bertz CT molecular complexity index is 960. The van der Waals surface area contributed by atoms with Crippen LogP contribution in [-0.2, 0) is 16.6 Å². The Morgan fingerprint density at radius 2 is 2.00 bits per heavy atom. The van der Waals surface area contributed by atoms with E-state index in [1.54, 1.807) is 12.1 Å². The Hall–Kier alpha value is -2.38. The van der Waals surface area contributed by atoms with Crippen molar-refractivity contribution in [3.05, 3.63) is 53.9 Å². The number of hydrogen-bond donors (Lipinski definition) is 1. The fraction of sp³-hybridized carbons (Fsp3) is 0.235. The molecule has 1 N–H and O–H groups in total. The van der Waals surface area contributed by atoms with Gasteiger partial charge < -0.3 is 9.73 Å². The van der Waals surface area contributed by atoms with Crippen LogP contribution in [0.3, 0.4) is 0 Å². The van der Waals surface area contributed by atoms with Gasteiger partial charge in [-0.3, -0.25) is 0 Å². The molecule has 0 fully saturated rings. The number of nitrogens with zero attached hydrogens (tertiary/aromatic N) is 2. The molecule has 2 aromatic heterocycles. The summed E-state index contributed by atoms with van der Waals surface area (Å²) in [6.45, 7) is 2.46. The lowest BCUT2D eigenvalue weighted by Crippen LogP contribution is -2.22. The van der Waals surface area contributed by atoms with Crippen molar-refractivity contribution in [3.8, 4) is 0 Å². The second kappa shape index (κ2) is 6.26. The van der Waals surface area contributed by atoms with E-state index in [1.165, 1.54) is 20.3 Å². The lowest BCUT2D eigenvalue weighted by molar-refractivity contribution is 0.520. The topological polar surface area (TPSA) is 75.4 Å². The van der Waals surface area contributed by atoms with Crippen molar-refractivity contribution < 1.29 is 12.8 Å². The molecule has 0 aliphatic carbocycles. The van der Waals surface area contributed by atoms with Crippen molar-refractivity contribution in [2.24, 2.45) is 0 Å². The van der Waals surface area contributed by atoms with Crippen molar-refractivity contribution in [1.82, 2.24) is 9.29 Å². The van der Waals surface area contributed by atoms with Crippen LogP contribution in [0.1, 0.15) is 11.3 Å². The molecule has 0 aliphatic rings. The van der Waals surface area contributed by atoms with E-state index in [9.17, 15) is 8.42 Å². The first-order valence-electron chi connectivity index (χ1n) is 7.48. The summed E-state index contributed by atoms with van der Waals surface area (Å²) in [5, 5.41) is 4.25. The molecule has 0 bridgehead atoms. The fourth-order valence-corrected chi connectivity index (χ4v) is 3.27. The molecule has 0 radical (unpaired) electrons. The van der Waals surface area contributed by atoms with Gasteiger partial charge in [0.2, 0.25) is 10.0 Å². The lowest BCUT2D eigenvalue weighted by Gasteiger charge is -2.11. The van der Waals surface area contributed by atoms with Crippen LogP contribution in [-0.4, -0.2) is 31.8 Å². The lowest BCUT2D eigenvalue weighted by atomic mass is 10.1. The number of furan rings is 1. The number of anilines is 1. The minimum absolute atomic E-state index is 0.168. The maximum Gasteiger partial charge on any atom is 0.244 e. The highest BCUT2D eigenvalue weighted by molar-refractivity contribution is 7.89. The summed E-state index contributed by atoms with van der Waals surface area (Å²) in [4.78, 5) is 4.35. The predicted molar refractivity (Wildman–Crippen MR) is 93.4 cm³/mol. The Kier molecular flexibility index (Phi) is 4.29. The number of fused-ring (bicyclic) bond motifs is 1. The van der Waals surface area contributed by atoms with E-state index < -0.39 is 10.0 Å². The molecule has 2 heterocycles. The summed E-state index contributed by atoms with van der Waals surface area (Å²) in [6.07, 6.45) is 1.36. The van der Waals surface area contributed by atoms with Crippen LogP contribution in [0, 0.1) is 6.92 Å². The summed E-state index contributed by atoms with van der Waals surface area (Å²) < 4.78 is 30.9. The number of benzene rings is 1. The Morgan fingerprint density at radius 3 is 2.67 bits per heavy atom. The van der Waals surface area contributed by atoms with Gasteiger partial charge in [0.15, 0.2) is 0 Å². The first-order valence-corrected chi connectivity index (χ1v) is 8.92. The van der Waals surface area contributed by atoms with Crippen LogP contribution in [0.4, 0.5) is 5.82 Å². The van der Waals surface area contributed by atoms with Gasteiger partial charge in [0.05, 0.1) is 0 Å². The molecule has 3 aromatic rings. The minimum Gasteiger partial charge on any atom is -0.461 e. The molecular formula is C17H19N3O3S. The van der Waals surface area contributed by atoms with E-state index in [-0.39, 0.29) is 4.90 Å². The SMILES string of the molecule is Cc1cc2cccc(CNc3ccc(S(=O)(=O)N(C)C)cn3)c2o1. The van der Waals surface area contributed by atoms with Gasteiger partial charge in [0, 0.05) is 37.8 Å². The Labute approximate surface area is 141 Å². The van der Waals surface area contributed by atoms with Gasteiger partial charge in [-0.25, -0.2) is 17.7 Å². The Morgan fingerprint density at radius 1 is 1.21 bits per heavy atom. The van der Waals surface area contributed by atoms with Crippen molar-refractivity contribution in [1.29, 1.82) is 0 Å². The second-order valence-electron chi connectivity index (χ2n) is 5.71. The van der Waals surface area contributed by atoms with Gasteiger partial charge in [0.1, 0.15) is 22.1 Å². The maximum atomic E-state index is 12.0. The molecule has 126 valence electrons. The van der Waals surface area contributed by atoms with Crippen LogP contribution in [0.2, 0.25) is 0 Å². The zero-order chi connectivity index (χ0) is 17.3. The molecular weight excluding hydrogens is 326 g/mol. The molecule has 0 amide bonds. The molecule has 0 spiro atoms. The summed E-state index contributed by atoms with van der Waals surface area (Å²) >= 11 is 0. The van der Waals surface area contributed by atoms with Crippen LogP contribution in [0.25, 0.3) is 11.0 Å². The average molecular weight is 345 g/mol. The summed E-state index contributed by atoms with van der Waals surface area (Å²) in [5.74, 6) is 1.47. The first kappa shape index (κ1) is 16.5. The highest BCUT2D eigenvalue weighted by Gasteiger charge is 2.17. The van der Waals surface area contributed by atoms with Crippen LogP contribution < -0.4 is 5.32 Å². The third-order valence-corrected chi connectivity index (χ3v) is 5.52. The predicted octanol–water partition coefficient (Wildman–Crippen LogP) is 3.00. The third-order valence-electron chi connectivity index (χ3n) is 3.72. The molecule has 0 saturated heterocycles. The summed E-state index contributed by atoms with van der Waals surface area (Å²) in [7, 11) is -0.472. The molecule has 6 nitrogen and oxygen atoms in total.